The topological polar surface area (TPSA) is 49.8 Å². The highest BCUT2D eigenvalue weighted by atomic mass is 35.5. The molecule has 0 atom stereocenters. The average molecular weight is 181 g/mol. The Morgan fingerprint density at radius 2 is 2.25 bits per heavy atom. The number of nitriles is 1. The zero-order chi connectivity index (χ0) is 9.14. The molecule has 0 bridgehead atoms. The number of nitrogens with zero attached hydrogens (tertiary/aromatic N) is 1. The molecule has 62 valence electrons. The van der Waals surface area contributed by atoms with E-state index in [1.165, 1.54) is 0 Å². The Labute approximate surface area is 76.6 Å². The summed E-state index contributed by atoms with van der Waals surface area (Å²) in [5.41, 5.74) is 7.96. The van der Waals surface area contributed by atoms with Crippen LogP contribution in [0.4, 0.5) is 0 Å². The van der Waals surface area contributed by atoms with E-state index < -0.39 is 0 Å². The Balaban J connectivity index is 3.30. The van der Waals surface area contributed by atoms with Gasteiger partial charge in [-0.3, -0.25) is 0 Å². The lowest BCUT2D eigenvalue weighted by atomic mass is 10.1. The molecule has 0 heterocycles. The fourth-order valence-corrected chi connectivity index (χ4v) is 1.28. The molecule has 0 aliphatic carbocycles. The first kappa shape index (κ1) is 9.05. The fraction of sp³-hybridized carbons (Fsp3) is 0.222. The largest absolute Gasteiger partial charge is 0.326 e. The molecule has 3 heteroatoms. The van der Waals surface area contributed by atoms with E-state index in [1.807, 2.05) is 13.0 Å². The van der Waals surface area contributed by atoms with Crippen LogP contribution in [0.25, 0.3) is 0 Å². The first-order valence-corrected chi connectivity index (χ1v) is 3.96. The van der Waals surface area contributed by atoms with E-state index in [0.717, 1.165) is 11.1 Å². The summed E-state index contributed by atoms with van der Waals surface area (Å²) in [5, 5.41) is 9.15. The zero-order valence-corrected chi connectivity index (χ0v) is 7.52. The molecular formula is C9H9ClN2. The number of benzene rings is 1. The third kappa shape index (κ3) is 1.58. The Hall–Kier alpha value is -1.04. The fourth-order valence-electron chi connectivity index (χ4n) is 1.02. The summed E-state index contributed by atoms with van der Waals surface area (Å²) in [7, 11) is 0. The summed E-state index contributed by atoms with van der Waals surface area (Å²) in [6.45, 7) is 2.37. The number of halogens is 1. The predicted octanol–water partition coefficient (Wildman–Crippen LogP) is 1.98. The monoisotopic (exact) mass is 180 g/mol. The molecule has 12 heavy (non-hydrogen) atoms. The summed E-state index contributed by atoms with van der Waals surface area (Å²) in [6.07, 6.45) is 0. The van der Waals surface area contributed by atoms with E-state index in [2.05, 4.69) is 0 Å². The van der Waals surface area contributed by atoms with E-state index in [4.69, 9.17) is 22.6 Å². The van der Waals surface area contributed by atoms with E-state index in [9.17, 15) is 0 Å². The van der Waals surface area contributed by atoms with Gasteiger partial charge < -0.3 is 5.73 Å². The highest BCUT2D eigenvalue weighted by molar-refractivity contribution is 6.31. The molecule has 0 aliphatic heterocycles. The second-order valence-corrected chi connectivity index (χ2v) is 2.98. The van der Waals surface area contributed by atoms with Gasteiger partial charge in [-0.2, -0.15) is 5.26 Å². The van der Waals surface area contributed by atoms with Crippen LogP contribution in [0.3, 0.4) is 0 Å². The Kier molecular flexibility index (Phi) is 2.69. The molecule has 0 radical (unpaired) electrons. The quantitative estimate of drug-likeness (QED) is 0.719. The molecule has 0 amide bonds. The number of aryl methyl sites for hydroxylation is 1. The SMILES string of the molecule is Cc1cc(Cl)c(C#N)cc1CN. The highest BCUT2D eigenvalue weighted by Crippen LogP contribution is 2.19. The van der Waals surface area contributed by atoms with E-state index in [1.54, 1.807) is 12.1 Å². The molecular weight excluding hydrogens is 172 g/mol. The summed E-state index contributed by atoms with van der Waals surface area (Å²) in [6, 6.07) is 5.51. The third-order valence-electron chi connectivity index (χ3n) is 1.77. The maximum atomic E-state index is 8.65. The van der Waals surface area contributed by atoms with Gasteiger partial charge in [0.2, 0.25) is 0 Å². The molecule has 0 fully saturated rings. The summed E-state index contributed by atoms with van der Waals surface area (Å²) < 4.78 is 0. The minimum atomic E-state index is 0.442. The van der Waals surface area contributed by atoms with Crippen LogP contribution in [0, 0.1) is 18.3 Å². The van der Waals surface area contributed by atoms with Crippen molar-refractivity contribution in [1.82, 2.24) is 0 Å². The summed E-state index contributed by atoms with van der Waals surface area (Å²) in [5.74, 6) is 0. The van der Waals surface area contributed by atoms with Crippen LogP contribution >= 0.6 is 11.6 Å². The van der Waals surface area contributed by atoms with Crippen LogP contribution < -0.4 is 5.73 Å². The van der Waals surface area contributed by atoms with Gasteiger partial charge >= 0.3 is 0 Å². The lowest BCUT2D eigenvalue weighted by Gasteiger charge is -2.03. The molecule has 0 aromatic heterocycles. The molecule has 0 aliphatic rings. The molecule has 1 aromatic rings. The van der Waals surface area contributed by atoms with Gasteiger partial charge in [0.15, 0.2) is 0 Å². The average Bonchev–Trinajstić information content (AvgIpc) is 2.05. The minimum Gasteiger partial charge on any atom is -0.326 e. The Bertz CT molecular complexity index is 339. The van der Waals surface area contributed by atoms with Gasteiger partial charge in [-0.25, -0.2) is 0 Å². The van der Waals surface area contributed by atoms with Crippen molar-refractivity contribution >= 4 is 11.6 Å². The highest BCUT2D eigenvalue weighted by Gasteiger charge is 2.03. The van der Waals surface area contributed by atoms with Gasteiger partial charge in [0.1, 0.15) is 6.07 Å². The molecule has 0 unspecified atom stereocenters. The Morgan fingerprint density at radius 3 is 2.75 bits per heavy atom. The first-order valence-electron chi connectivity index (χ1n) is 3.58. The molecule has 1 rings (SSSR count). The van der Waals surface area contributed by atoms with Crippen LogP contribution in [0.15, 0.2) is 12.1 Å². The molecule has 0 saturated carbocycles. The molecule has 0 spiro atoms. The van der Waals surface area contributed by atoms with E-state index >= 15 is 0 Å². The van der Waals surface area contributed by atoms with Crippen LogP contribution in [0.5, 0.6) is 0 Å². The second-order valence-electron chi connectivity index (χ2n) is 2.57. The number of hydrogen-bond donors (Lipinski definition) is 1. The molecule has 2 nitrogen and oxygen atoms in total. The van der Waals surface area contributed by atoms with Crippen LogP contribution in [-0.2, 0) is 6.54 Å². The van der Waals surface area contributed by atoms with Crippen molar-refractivity contribution in [3.8, 4) is 6.07 Å². The zero-order valence-electron chi connectivity index (χ0n) is 6.76. The molecule has 2 N–H and O–H groups in total. The maximum Gasteiger partial charge on any atom is 0.101 e. The summed E-state index contributed by atoms with van der Waals surface area (Å²) in [4.78, 5) is 0. The third-order valence-corrected chi connectivity index (χ3v) is 2.08. The minimum absolute atomic E-state index is 0.442. The van der Waals surface area contributed by atoms with Crippen LogP contribution in [0.1, 0.15) is 16.7 Å². The standard InChI is InChI=1S/C9H9ClN2/c1-6-2-9(10)8(5-12)3-7(6)4-11/h2-3H,4,11H2,1H3. The number of hydrogen-bond acceptors (Lipinski definition) is 2. The van der Waals surface area contributed by atoms with Gasteiger partial charge in [0, 0.05) is 6.54 Å². The van der Waals surface area contributed by atoms with Gasteiger partial charge in [-0.15, -0.1) is 0 Å². The number of nitrogens with two attached hydrogens (primary N) is 1. The van der Waals surface area contributed by atoms with Crippen molar-refractivity contribution in [3.05, 3.63) is 33.8 Å². The lowest BCUT2D eigenvalue weighted by Crippen LogP contribution is -1.99. The normalized spacial score (nSPS) is 9.50. The number of rotatable bonds is 1. The van der Waals surface area contributed by atoms with E-state index in [-0.39, 0.29) is 0 Å². The van der Waals surface area contributed by atoms with Crippen LogP contribution in [-0.4, -0.2) is 0 Å². The molecule has 1 aromatic carbocycles. The maximum absolute atomic E-state index is 8.65. The smallest absolute Gasteiger partial charge is 0.101 e. The van der Waals surface area contributed by atoms with Crippen molar-refractivity contribution in [2.45, 2.75) is 13.5 Å². The van der Waals surface area contributed by atoms with Crippen molar-refractivity contribution in [2.75, 3.05) is 0 Å². The molecule has 0 saturated heterocycles. The first-order chi connectivity index (χ1) is 5.69. The van der Waals surface area contributed by atoms with E-state index in [0.29, 0.717) is 17.1 Å². The van der Waals surface area contributed by atoms with Gasteiger partial charge in [0.25, 0.3) is 0 Å². The van der Waals surface area contributed by atoms with Crippen molar-refractivity contribution in [1.29, 1.82) is 5.26 Å². The van der Waals surface area contributed by atoms with Gasteiger partial charge in [0.05, 0.1) is 10.6 Å². The van der Waals surface area contributed by atoms with Crippen molar-refractivity contribution < 1.29 is 0 Å². The van der Waals surface area contributed by atoms with Gasteiger partial charge in [-0.1, -0.05) is 11.6 Å². The second kappa shape index (κ2) is 3.57. The van der Waals surface area contributed by atoms with Crippen molar-refractivity contribution in [2.24, 2.45) is 5.73 Å². The lowest BCUT2D eigenvalue weighted by molar-refractivity contribution is 1.05. The van der Waals surface area contributed by atoms with Crippen LogP contribution in [0.2, 0.25) is 5.02 Å². The van der Waals surface area contributed by atoms with Crippen molar-refractivity contribution in [3.63, 3.8) is 0 Å². The predicted molar refractivity (Wildman–Crippen MR) is 48.8 cm³/mol. The summed E-state index contributed by atoms with van der Waals surface area (Å²) >= 11 is 5.80. The van der Waals surface area contributed by atoms with Gasteiger partial charge in [-0.05, 0) is 30.2 Å². The Morgan fingerprint density at radius 1 is 1.58 bits per heavy atom.